The van der Waals surface area contributed by atoms with Crippen molar-refractivity contribution in [2.75, 3.05) is 11.9 Å². The molecule has 0 aromatic heterocycles. The lowest BCUT2D eigenvalue weighted by Crippen LogP contribution is -2.03. The molecule has 0 aliphatic heterocycles. The number of nitrogens with one attached hydrogen (secondary N) is 1. The fraction of sp³-hybridized carbons (Fsp3) is 0.100. The minimum Gasteiger partial charge on any atom is -0.379 e. The van der Waals surface area contributed by atoms with Gasteiger partial charge >= 0.3 is 0 Å². The normalized spacial score (nSPS) is 9.21. The Kier molecular flexibility index (Phi) is 3.49. The van der Waals surface area contributed by atoms with E-state index in [1.165, 1.54) is 12.1 Å². The SMILES string of the molecule is C=C(Cl)CNc1cccc(F)c1C#N. The Balaban J connectivity index is 2.92. The summed E-state index contributed by atoms with van der Waals surface area (Å²) in [6.45, 7) is 3.78. The summed E-state index contributed by atoms with van der Waals surface area (Å²) in [7, 11) is 0. The average molecular weight is 211 g/mol. The van der Waals surface area contributed by atoms with E-state index in [1.54, 1.807) is 12.1 Å². The van der Waals surface area contributed by atoms with Crippen LogP contribution in [0.25, 0.3) is 0 Å². The van der Waals surface area contributed by atoms with Crippen LogP contribution < -0.4 is 5.32 Å². The first-order valence-electron chi connectivity index (χ1n) is 3.91. The van der Waals surface area contributed by atoms with Gasteiger partial charge in [0.1, 0.15) is 17.4 Å². The van der Waals surface area contributed by atoms with E-state index in [0.717, 1.165) is 0 Å². The monoisotopic (exact) mass is 210 g/mol. The number of benzene rings is 1. The third-order valence-electron chi connectivity index (χ3n) is 1.60. The van der Waals surface area contributed by atoms with Crippen LogP contribution >= 0.6 is 11.6 Å². The van der Waals surface area contributed by atoms with Gasteiger partial charge in [0.2, 0.25) is 0 Å². The van der Waals surface area contributed by atoms with E-state index >= 15 is 0 Å². The Morgan fingerprint density at radius 1 is 1.64 bits per heavy atom. The summed E-state index contributed by atoms with van der Waals surface area (Å²) in [6, 6.07) is 6.15. The van der Waals surface area contributed by atoms with Crippen LogP contribution in [0.3, 0.4) is 0 Å². The lowest BCUT2D eigenvalue weighted by atomic mass is 10.2. The van der Waals surface area contributed by atoms with Gasteiger partial charge in [-0.05, 0) is 12.1 Å². The average Bonchev–Trinajstić information content (AvgIpc) is 2.14. The quantitative estimate of drug-likeness (QED) is 0.833. The van der Waals surface area contributed by atoms with E-state index in [1.807, 2.05) is 0 Å². The molecule has 0 aliphatic carbocycles. The number of hydrogen-bond donors (Lipinski definition) is 1. The zero-order chi connectivity index (χ0) is 10.6. The zero-order valence-corrected chi connectivity index (χ0v) is 8.11. The maximum absolute atomic E-state index is 13.1. The Labute approximate surface area is 86.6 Å². The largest absolute Gasteiger partial charge is 0.379 e. The van der Waals surface area contributed by atoms with Gasteiger partial charge in [-0.25, -0.2) is 4.39 Å². The van der Waals surface area contributed by atoms with Gasteiger partial charge in [0, 0.05) is 5.03 Å². The van der Waals surface area contributed by atoms with E-state index in [4.69, 9.17) is 16.9 Å². The van der Waals surface area contributed by atoms with E-state index < -0.39 is 5.82 Å². The van der Waals surface area contributed by atoms with Crippen molar-refractivity contribution in [2.24, 2.45) is 0 Å². The van der Waals surface area contributed by atoms with Crippen LogP contribution in [0.1, 0.15) is 5.56 Å². The van der Waals surface area contributed by atoms with Crippen LogP contribution in [0.4, 0.5) is 10.1 Å². The number of nitrogens with zero attached hydrogens (tertiary/aromatic N) is 1. The molecule has 0 bridgehead atoms. The molecule has 72 valence electrons. The molecule has 0 aliphatic rings. The second kappa shape index (κ2) is 4.64. The van der Waals surface area contributed by atoms with Crippen molar-refractivity contribution < 1.29 is 4.39 Å². The van der Waals surface area contributed by atoms with Gasteiger partial charge in [-0.15, -0.1) is 0 Å². The minimum absolute atomic E-state index is 0.00887. The van der Waals surface area contributed by atoms with Crippen molar-refractivity contribution in [1.82, 2.24) is 0 Å². The van der Waals surface area contributed by atoms with Crippen LogP contribution in [-0.2, 0) is 0 Å². The standard InChI is InChI=1S/C10H8ClFN2/c1-7(11)6-14-10-4-2-3-9(12)8(10)5-13/h2-4,14H,1,6H2. The molecule has 1 rings (SSSR count). The molecular formula is C10H8ClFN2. The van der Waals surface area contributed by atoms with E-state index in [-0.39, 0.29) is 5.56 Å². The van der Waals surface area contributed by atoms with Crippen LogP contribution in [0.5, 0.6) is 0 Å². The summed E-state index contributed by atoms with van der Waals surface area (Å²) in [6.07, 6.45) is 0. The van der Waals surface area contributed by atoms with Crippen LogP contribution in [0.15, 0.2) is 29.8 Å². The molecule has 0 saturated heterocycles. The molecule has 14 heavy (non-hydrogen) atoms. The highest BCUT2D eigenvalue weighted by Crippen LogP contribution is 2.18. The number of rotatable bonds is 3. The second-order valence-electron chi connectivity index (χ2n) is 2.65. The molecule has 1 aromatic carbocycles. The third kappa shape index (κ3) is 2.48. The van der Waals surface area contributed by atoms with Crippen molar-refractivity contribution in [1.29, 1.82) is 5.26 Å². The predicted octanol–water partition coefficient (Wildman–Crippen LogP) is 2.86. The molecule has 1 aromatic rings. The van der Waals surface area contributed by atoms with Gasteiger partial charge < -0.3 is 5.32 Å². The van der Waals surface area contributed by atoms with Gasteiger partial charge in [0.25, 0.3) is 0 Å². The molecule has 0 amide bonds. The highest BCUT2D eigenvalue weighted by molar-refractivity contribution is 6.29. The summed E-state index contributed by atoms with van der Waals surface area (Å²) in [4.78, 5) is 0. The molecule has 0 fully saturated rings. The first-order chi connectivity index (χ1) is 6.65. The Morgan fingerprint density at radius 3 is 2.93 bits per heavy atom. The molecule has 0 radical (unpaired) electrons. The van der Waals surface area contributed by atoms with Gasteiger partial charge in [0.15, 0.2) is 0 Å². The van der Waals surface area contributed by atoms with Crippen LogP contribution in [-0.4, -0.2) is 6.54 Å². The maximum atomic E-state index is 13.1. The first-order valence-corrected chi connectivity index (χ1v) is 4.28. The van der Waals surface area contributed by atoms with Crippen molar-refractivity contribution in [3.8, 4) is 6.07 Å². The number of nitriles is 1. The summed E-state index contributed by atoms with van der Waals surface area (Å²) >= 11 is 5.53. The van der Waals surface area contributed by atoms with Crippen LogP contribution in [0, 0.1) is 17.1 Å². The van der Waals surface area contributed by atoms with Crippen molar-refractivity contribution >= 4 is 17.3 Å². The predicted molar refractivity (Wildman–Crippen MR) is 54.6 cm³/mol. The van der Waals surface area contributed by atoms with Gasteiger partial charge in [-0.3, -0.25) is 0 Å². The molecule has 0 saturated carbocycles. The molecule has 0 atom stereocenters. The van der Waals surface area contributed by atoms with E-state index in [9.17, 15) is 4.39 Å². The summed E-state index contributed by atoms with van der Waals surface area (Å²) in [5.41, 5.74) is 0.416. The topological polar surface area (TPSA) is 35.8 Å². The summed E-state index contributed by atoms with van der Waals surface area (Å²) < 4.78 is 13.1. The maximum Gasteiger partial charge on any atom is 0.143 e. The fourth-order valence-corrected chi connectivity index (χ4v) is 1.04. The van der Waals surface area contributed by atoms with Crippen molar-refractivity contribution in [2.45, 2.75) is 0 Å². The number of hydrogen-bond acceptors (Lipinski definition) is 2. The smallest absolute Gasteiger partial charge is 0.143 e. The molecule has 0 unspecified atom stereocenters. The van der Waals surface area contributed by atoms with Crippen LogP contribution in [0.2, 0.25) is 0 Å². The minimum atomic E-state index is -0.544. The van der Waals surface area contributed by atoms with Gasteiger partial charge in [0.05, 0.1) is 12.2 Å². The highest BCUT2D eigenvalue weighted by atomic mass is 35.5. The van der Waals surface area contributed by atoms with Crippen molar-refractivity contribution in [3.63, 3.8) is 0 Å². The Morgan fingerprint density at radius 2 is 2.36 bits per heavy atom. The lowest BCUT2D eigenvalue weighted by molar-refractivity contribution is 0.624. The Hall–Kier alpha value is -1.53. The molecule has 0 spiro atoms. The summed E-state index contributed by atoms with van der Waals surface area (Å²) in [5.74, 6) is -0.544. The third-order valence-corrected chi connectivity index (χ3v) is 1.73. The molecule has 2 nitrogen and oxygen atoms in total. The fourth-order valence-electron chi connectivity index (χ4n) is 0.976. The summed E-state index contributed by atoms with van der Waals surface area (Å²) in [5, 5.41) is 11.9. The van der Waals surface area contributed by atoms with Gasteiger partial charge in [-0.2, -0.15) is 5.26 Å². The van der Waals surface area contributed by atoms with E-state index in [0.29, 0.717) is 17.3 Å². The zero-order valence-electron chi connectivity index (χ0n) is 7.35. The highest BCUT2D eigenvalue weighted by Gasteiger charge is 2.06. The number of anilines is 1. The molecule has 0 heterocycles. The molecular weight excluding hydrogens is 203 g/mol. The van der Waals surface area contributed by atoms with Crippen molar-refractivity contribution in [3.05, 3.63) is 41.2 Å². The molecule has 4 heteroatoms. The Bertz CT molecular complexity index is 396. The van der Waals surface area contributed by atoms with Gasteiger partial charge in [-0.1, -0.05) is 24.2 Å². The second-order valence-corrected chi connectivity index (χ2v) is 3.18. The van der Waals surface area contributed by atoms with E-state index in [2.05, 4.69) is 11.9 Å². The number of halogens is 2. The lowest BCUT2D eigenvalue weighted by Gasteiger charge is -2.06. The first kappa shape index (κ1) is 10.6. The molecule has 1 N–H and O–H groups in total.